The molecule has 1 aliphatic carbocycles. The van der Waals surface area contributed by atoms with Crippen LogP contribution in [0.3, 0.4) is 0 Å². The Morgan fingerprint density at radius 2 is 2.12 bits per heavy atom. The van der Waals surface area contributed by atoms with E-state index in [0.717, 1.165) is 29.3 Å². The summed E-state index contributed by atoms with van der Waals surface area (Å²) in [6.07, 6.45) is 4.97. The van der Waals surface area contributed by atoms with Gasteiger partial charge in [-0.3, -0.25) is 0 Å². The van der Waals surface area contributed by atoms with Crippen molar-refractivity contribution in [3.8, 4) is 0 Å². The van der Waals surface area contributed by atoms with E-state index in [1.54, 1.807) is 0 Å². The van der Waals surface area contributed by atoms with Crippen LogP contribution in [0.25, 0.3) is 0 Å². The summed E-state index contributed by atoms with van der Waals surface area (Å²) in [5.41, 5.74) is 0. The molecule has 0 aromatic rings. The van der Waals surface area contributed by atoms with Gasteiger partial charge in [-0.15, -0.1) is 0 Å². The average molecular weight is 245 g/mol. The molecule has 0 aromatic heterocycles. The van der Waals surface area contributed by atoms with Crippen LogP contribution in [0.1, 0.15) is 39.5 Å². The molecule has 0 bridgehead atoms. The van der Waals surface area contributed by atoms with Gasteiger partial charge in [-0.05, 0) is 50.3 Å². The summed E-state index contributed by atoms with van der Waals surface area (Å²) >= 11 is 2.05. The normalized spacial score (nSPS) is 30.9. The minimum Gasteiger partial charge on any atom is -0.396 e. The van der Waals surface area contributed by atoms with E-state index in [9.17, 15) is 0 Å². The zero-order chi connectivity index (χ0) is 12.0. The molecule has 0 spiro atoms. The predicted octanol–water partition coefficient (Wildman–Crippen LogP) is 2.51. The van der Waals surface area contributed by atoms with Gasteiger partial charge >= 0.3 is 0 Å². The summed E-state index contributed by atoms with van der Waals surface area (Å²) in [7, 11) is 2.08. The van der Waals surface area contributed by atoms with Crippen LogP contribution < -0.4 is 5.32 Å². The van der Waals surface area contributed by atoms with E-state index in [-0.39, 0.29) is 0 Å². The fourth-order valence-electron chi connectivity index (χ4n) is 2.58. The van der Waals surface area contributed by atoms with Crippen molar-refractivity contribution in [2.75, 3.05) is 19.4 Å². The second-order valence-electron chi connectivity index (χ2n) is 5.20. The first kappa shape index (κ1) is 14.3. The molecule has 2 nitrogen and oxygen atoms in total. The topological polar surface area (TPSA) is 32.3 Å². The van der Waals surface area contributed by atoms with E-state index in [2.05, 4.69) is 38.0 Å². The van der Waals surface area contributed by atoms with Crippen LogP contribution in [0.2, 0.25) is 0 Å². The molecule has 0 aliphatic heterocycles. The van der Waals surface area contributed by atoms with E-state index in [4.69, 9.17) is 5.11 Å². The molecule has 96 valence electrons. The van der Waals surface area contributed by atoms with Gasteiger partial charge in [0.2, 0.25) is 0 Å². The highest BCUT2D eigenvalue weighted by atomic mass is 32.2. The van der Waals surface area contributed by atoms with Gasteiger partial charge in [0.05, 0.1) is 0 Å². The highest BCUT2D eigenvalue weighted by Crippen LogP contribution is 2.36. The Labute approximate surface area is 105 Å². The molecular formula is C13H27NOS. The van der Waals surface area contributed by atoms with Gasteiger partial charge < -0.3 is 10.4 Å². The molecule has 1 aliphatic rings. The Balaban J connectivity index is 2.40. The molecule has 3 atom stereocenters. The van der Waals surface area contributed by atoms with Crippen molar-refractivity contribution >= 4 is 11.8 Å². The number of aliphatic hydroxyl groups is 1. The van der Waals surface area contributed by atoms with Crippen molar-refractivity contribution in [1.82, 2.24) is 5.32 Å². The Kier molecular flexibility index (Phi) is 6.78. The third kappa shape index (κ3) is 4.27. The highest BCUT2D eigenvalue weighted by Gasteiger charge is 2.30. The summed E-state index contributed by atoms with van der Waals surface area (Å²) in [4.78, 5) is 0. The van der Waals surface area contributed by atoms with Crippen molar-refractivity contribution in [2.24, 2.45) is 11.8 Å². The molecule has 0 amide bonds. The van der Waals surface area contributed by atoms with Gasteiger partial charge in [-0.25, -0.2) is 0 Å². The minimum atomic E-state index is 0.331. The number of thioether (sulfide) groups is 1. The first-order chi connectivity index (χ1) is 7.69. The lowest BCUT2D eigenvalue weighted by atomic mass is 9.79. The molecule has 0 aromatic carbocycles. The zero-order valence-corrected chi connectivity index (χ0v) is 11.7. The summed E-state index contributed by atoms with van der Waals surface area (Å²) in [5.74, 6) is 2.82. The van der Waals surface area contributed by atoms with Gasteiger partial charge in [0.15, 0.2) is 0 Å². The van der Waals surface area contributed by atoms with Crippen LogP contribution in [0, 0.1) is 11.8 Å². The minimum absolute atomic E-state index is 0.331. The predicted molar refractivity (Wildman–Crippen MR) is 73.0 cm³/mol. The van der Waals surface area contributed by atoms with Crippen LogP contribution in [0.4, 0.5) is 0 Å². The van der Waals surface area contributed by atoms with Gasteiger partial charge in [0.25, 0.3) is 0 Å². The van der Waals surface area contributed by atoms with Crippen molar-refractivity contribution in [3.05, 3.63) is 0 Å². The van der Waals surface area contributed by atoms with Gasteiger partial charge in [0, 0.05) is 17.9 Å². The molecule has 3 unspecified atom stereocenters. The molecule has 0 radical (unpaired) electrons. The lowest BCUT2D eigenvalue weighted by Crippen LogP contribution is -2.41. The van der Waals surface area contributed by atoms with Gasteiger partial charge in [0.1, 0.15) is 0 Å². The summed E-state index contributed by atoms with van der Waals surface area (Å²) in [5, 5.41) is 13.0. The number of hydrogen-bond acceptors (Lipinski definition) is 3. The molecule has 1 rings (SSSR count). The lowest BCUT2D eigenvalue weighted by Gasteiger charge is -2.37. The zero-order valence-electron chi connectivity index (χ0n) is 10.9. The maximum absolute atomic E-state index is 8.83. The largest absolute Gasteiger partial charge is 0.396 e. The Bertz CT molecular complexity index is 187. The molecule has 0 heterocycles. The number of rotatable bonds is 6. The molecule has 2 N–H and O–H groups in total. The average Bonchev–Trinajstić information content (AvgIpc) is 2.29. The lowest BCUT2D eigenvalue weighted by molar-refractivity contribution is 0.251. The van der Waals surface area contributed by atoms with Crippen LogP contribution in [-0.2, 0) is 0 Å². The molecule has 3 heteroatoms. The van der Waals surface area contributed by atoms with Crippen molar-refractivity contribution in [1.29, 1.82) is 0 Å². The Hall–Kier alpha value is 0.270. The number of nitrogens with one attached hydrogen (secondary N) is 1. The number of aliphatic hydroxyl groups excluding tert-OH is 1. The first-order valence-electron chi connectivity index (χ1n) is 6.58. The Morgan fingerprint density at radius 3 is 2.69 bits per heavy atom. The monoisotopic (exact) mass is 245 g/mol. The SMILES string of the molecule is CNC1CCC(C(C)C)CC1SCCCO. The van der Waals surface area contributed by atoms with Crippen LogP contribution >= 0.6 is 11.8 Å². The summed E-state index contributed by atoms with van der Waals surface area (Å²) in [6, 6.07) is 0.679. The summed E-state index contributed by atoms with van der Waals surface area (Å²) in [6.45, 7) is 5.02. The van der Waals surface area contributed by atoms with Gasteiger partial charge in [-0.2, -0.15) is 11.8 Å². The second-order valence-corrected chi connectivity index (χ2v) is 6.55. The smallest absolute Gasteiger partial charge is 0.0438 e. The van der Waals surface area contributed by atoms with Crippen LogP contribution in [-0.4, -0.2) is 35.8 Å². The molecule has 1 saturated carbocycles. The van der Waals surface area contributed by atoms with Crippen molar-refractivity contribution < 1.29 is 5.11 Å². The van der Waals surface area contributed by atoms with Crippen LogP contribution in [0.15, 0.2) is 0 Å². The fraction of sp³-hybridized carbons (Fsp3) is 1.00. The Morgan fingerprint density at radius 1 is 1.38 bits per heavy atom. The molecular weight excluding hydrogens is 218 g/mol. The standard InChI is InChI=1S/C13H27NOS/c1-10(2)11-5-6-12(14-3)13(9-11)16-8-4-7-15/h10-15H,4-9H2,1-3H3. The van der Waals surface area contributed by atoms with Crippen molar-refractivity contribution in [2.45, 2.75) is 50.8 Å². The molecule has 16 heavy (non-hydrogen) atoms. The van der Waals surface area contributed by atoms with Crippen LogP contribution in [0.5, 0.6) is 0 Å². The van der Waals surface area contributed by atoms with Gasteiger partial charge in [-0.1, -0.05) is 13.8 Å². The highest BCUT2D eigenvalue weighted by molar-refractivity contribution is 7.99. The van der Waals surface area contributed by atoms with E-state index in [1.807, 2.05) is 0 Å². The third-order valence-electron chi connectivity index (χ3n) is 3.78. The van der Waals surface area contributed by atoms with E-state index < -0.39 is 0 Å². The first-order valence-corrected chi connectivity index (χ1v) is 7.63. The number of hydrogen-bond donors (Lipinski definition) is 2. The van der Waals surface area contributed by atoms with Crippen molar-refractivity contribution in [3.63, 3.8) is 0 Å². The van der Waals surface area contributed by atoms with E-state index in [1.165, 1.54) is 19.3 Å². The van der Waals surface area contributed by atoms with E-state index >= 15 is 0 Å². The third-order valence-corrected chi connectivity index (χ3v) is 5.25. The quantitative estimate of drug-likeness (QED) is 0.705. The second kappa shape index (κ2) is 7.57. The summed E-state index contributed by atoms with van der Waals surface area (Å²) < 4.78 is 0. The van der Waals surface area contributed by atoms with E-state index in [0.29, 0.717) is 12.6 Å². The fourth-order valence-corrected chi connectivity index (χ4v) is 4.07. The maximum atomic E-state index is 8.83. The molecule has 0 saturated heterocycles. The molecule has 1 fully saturated rings. The maximum Gasteiger partial charge on any atom is 0.0438 e.